The van der Waals surface area contributed by atoms with E-state index in [9.17, 15) is 9.59 Å². The molecular weight excluding hydrogens is 376 g/mol. The molecule has 0 unspecified atom stereocenters. The van der Waals surface area contributed by atoms with Crippen molar-refractivity contribution in [1.29, 1.82) is 0 Å². The summed E-state index contributed by atoms with van der Waals surface area (Å²) < 4.78 is 0. The van der Waals surface area contributed by atoms with Crippen LogP contribution >= 0.6 is 0 Å². The monoisotopic (exact) mass is 398 g/mol. The lowest BCUT2D eigenvalue weighted by molar-refractivity contribution is 0.0651. The van der Waals surface area contributed by atoms with E-state index in [0.717, 1.165) is 0 Å². The van der Waals surface area contributed by atoms with Crippen LogP contribution in [0.15, 0.2) is 66.7 Å². The molecule has 0 bridgehead atoms. The number of hydrogen-bond acceptors (Lipinski definition) is 2. The normalized spacial score (nSPS) is 13.2. The number of fused-ring (bicyclic) bond motifs is 5. The Balaban J connectivity index is 0.000000159. The molecule has 0 spiro atoms. The maximum atomic E-state index is 10.5. The predicted octanol–water partition coefficient (Wildman–Crippen LogP) is 5.49. The Morgan fingerprint density at radius 2 is 1.33 bits per heavy atom. The Kier molecular flexibility index (Phi) is 5.48. The van der Waals surface area contributed by atoms with Gasteiger partial charge in [-0.25, -0.2) is 9.59 Å². The third kappa shape index (κ3) is 3.77. The molecule has 2 N–H and O–H groups in total. The van der Waals surface area contributed by atoms with Crippen molar-refractivity contribution in [2.75, 3.05) is 0 Å². The number of carboxylic acids is 2. The number of rotatable bonds is 2. The van der Waals surface area contributed by atoms with Crippen molar-refractivity contribution in [2.45, 2.75) is 25.7 Å². The van der Waals surface area contributed by atoms with E-state index in [1.807, 2.05) is 0 Å². The summed E-state index contributed by atoms with van der Waals surface area (Å²) in [7, 11) is 0. The molecule has 4 heteroatoms. The molecule has 4 nitrogen and oxygen atoms in total. The van der Waals surface area contributed by atoms with Crippen LogP contribution < -0.4 is 0 Å². The van der Waals surface area contributed by atoms with E-state index in [1.165, 1.54) is 72.2 Å². The van der Waals surface area contributed by atoms with Gasteiger partial charge in [0.25, 0.3) is 0 Å². The summed E-state index contributed by atoms with van der Waals surface area (Å²) in [6.07, 6.45) is 9.42. The molecule has 3 aromatic carbocycles. The zero-order chi connectivity index (χ0) is 21.1. The molecule has 30 heavy (non-hydrogen) atoms. The SMILES string of the molecule is C1=Cc2ccc3c(c2CC1)CCc1ccccc1-3.O=C(O)c1ccccc1C(=O)O. The number of aryl methyl sites for hydroxylation is 1. The van der Waals surface area contributed by atoms with Crippen molar-refractivity contribution in [2.24, 2.45) is 0 Å². The summed E-state index contributed by atoms with van der Waals surface area (Å²) in [4.78, 5) is 20.9. The van der Waals surface area contributed by atoms with Crippen molar-refractivity contribution in [1.82, 2.24) is 0 Å². The molecule has 0 saturated carbocycles. The minimum Gasteiger partial charge on any atom is -0.478 e. The van der Waals surface area contributed by atoms with Crippen LogP contribution in [-0.4, -0.2) is 22.2 Å². The highest BCUT2D eigenvalue weighted by molar-refractivity contribution is 6.01. The third-order valence-corrected chi connectivity index (χ3v) is 5.67. The van der Waals surface area contributed by atoms with Gasteiger partial charge >= 0.3 is 11.9 Å². The number of carbonyl (C=O) groups is 2. The maximum Gasteiger partial charge on any atom is 0.336 e. The Morgan fingerprint density at radius 1 is 0.667 bits per heavy atom. The Hall–Kier alpha value is -3.66. The van der Waals surface area contributed by atoms with Gasteiger partial charge in [0.1, 0.15) is 0 Å². The maximum absolute atomic E-state index is 10.5. The second kappa shape index (κ2) is 8.37. The van der Waals surface area contributed by atoms with Crippen molar-refractivity contribution in [3.05, 3.63) is 100 Å². The van der Waals surface area contributed by atoms with Crippen molar-refractivity contribution >= 4 is 18.0 Å². The van der Waals surface area contributed by atoms with E-state index in [-0.39, 0.29) is 11.1 Å². The molecule has 0 heterocycles. The van der Waals surface area contributed by atoms with Crippen LogP contribution in [0.4, 0.5) is 0 Å². The summed E-state index contributed by atoms with van der Waals surface area (Å²) in [5, 5.41) is 17.1. The van der Waals surface area contributed by atoms with Crippen molar-refractivity contribution in [3.63, 3.8) is 0 Å². The fourth-order valence-corrected chi connectivity index (χ4v) is 4.26. The van der Waals surface area contributed by atoms with Gasteiger partial charge in [-0.15, -0.1) is 0 Å². The van der Waals surface area contributed by atoms with Crippen LogP contribution in [0.5, 0.6) is 0 Å². The molecule has 2 aliphatic rings. The van der Waals surface area contributed by atoms with Crippen LogP contribution in [-0.2, 0) is 19.3 Å². The quantitative estimate of drug-likeness (QED) is 0.598. The zero-order valence-electron chi connectivity index (χ0n) is 16.5. The first-order valence-electron chi connectivity index (χ1n) is 10.0. The summed E-state index contributed by atoms with van der Waals surface area (Å²) in [6.45, 7) is 0. The lowest BCUT2D eigenvalue weighted by Crippen LogP contribution is -2.09. The Bertz CT molecular complexity index is 1120. The van der Waals surface area contributed by atoms with Crippen LogP contribution in [0, 0.1) is 0 Å². The molecule has 0 amide bonds. The summed E-state index contributed by atoms with van der Waals surface area (Å²) in [5.41, 5.74) is 8.72. The molecule has 0 atom stereocenters. The van der Waals surface area contributed by atoms with E-state index in [2.05, 4.69) is 48.6 Å². The highest BCUT2D eigenvalue weighted by atomic mass is 16.4. The van der Waals surface area contributed by atoms with Gasteiger partial charge in [0.05, 0.1) is 11.1 Å². The summed E-state index contributed by atoms with van der Waals surface area (Å²) in [5.74, 6) is -2.46. The molecule has 0 fully saturated rings. The van der Waals surface area contributed by atoms with Gasteiger partial charge in [0.15, 0.2) is 0 Å². The van der Waals surface area contributed by atoms with Crippen LogP contribution in [0.2, 0.25) is 0 Å². The largest absolute Gasteiger partial charge is 0.478 e. The van der Waals surface area contributed by atoms with Crippen LogP contribution in [0.3, 0.4) is 0 Å². The number of carboxylic acid groups (broad SMARTS) is 2. The fraction of sp³-hybridized carbons (Fsp3) is 0.154. The highest BCUT2D eigenvalue weighted by Crippen LogP contribution is 2.38. The second-order valence-electron chi connectivity index (χ2n) is 7.41. The molecule has 5 rings (SSSR count). The van der Waals surface area contributed by atoms with Gasteiger partial charge in [-0.1, -0.05) is 60.7 Å². The average Bonchev–Trinajstić information content (AvgIpc) is 2.79. The molecule has 0 aromatic heterocycles. The average molecular weight is 398 g/mol. The van der Waals surface area contributed by atoms with Crippen LogP contribution in [0.25, 0.3) is 17.2 Å². The van der Waals surface area contributed by atoms with Crippen molar-refractivity contribution in [3.8, 4) is 11.1 Å². The van der Waals surface area contributed by atoms with Crippen molar-refractivity contribution < 1.29 is 19.8 Å². The Labute approximate surface area is 175 Å². The number of aromatic carboxylic acids is 2. The zero-order valence-corrected chi connectivity index (χ0v) is 16.5. The highest BCUT2D eigenvalue weighted by Gasteiger charge is 2.20. The smallest absolute Gasteiger partial charge is 0.336 e. The molecule has 0 radical (unpaired) electrons. The van der Waals surface area contributed by atoms with E-state index >= 15 is 0 Å². The van der Waals surface area contributed by atoms with E-state index in [1.54, 1.807) is 11.1 Å². The van der Waals surface area contributed by atoms with E-state index < -0.39 is 11.9 Å². The first-order valence-corrected chi connectivity index (χ1v) is 10.0. The fourth-order valence-electron chi connectivity index (χ4n) is 4.26. The number of benzene rings is 3. The van der Waals surface area contributed by atoms with Gasteiger partial charge in [0, 0.05) is 0 Å². The molecule has 3 aromatic rings. The van der Waals surface area contributed by atoms with Gasteiger partial charge < -0.3 is 10.2 Å². The van der Waals surface area contributed by atoms with E-state index in [4.69, 9.17) is 10.2 Å². The van der Waals surface area contributed by atoms with Gasteiger partial charge in [-0.05, 0) is 71.2 Å². The first kappa shape index (κ1) is 19.6. The minimum atomic E-state index is -1.23. The Morgan fingerprint density at radius 3 is 2.03 bits per heavy atom. The van der Waals surface area contributed by atoms with Gasteiger partial charge in [-0.2, -0.15) is 0 Å². The molecular formula is C26H22O4. The number of allylic oxidation sites excluding steroid dienone is 1. The molecule has 0 aliphatic heterocycles. The predicted molar refractivity (Wildman–Crippen MR) is 117 cm³/mol. The summed E-state index contributed by atoms with van der Waals surface area (Å²) in [6, 6.07) is 19.0. The van der Waals surface area contributed by atoms with Gasteiger partial charge in [0.2, 0.25) is 0 Å². The first-order chi connectivity index (χ1) is 14.6. The minimum absolute atomic E-state index is 0.190. The van der Waals surface area contributed by atoms with E-state index in [0.29, 0.717) is 0 Å². The van der Waals surface area contributed by atoms with Crippen LogP contribution in [0.1, 0.15) is 49.4 Å². The lowest BCUT2D eigenvalue weighted by atomic mass is 9.80. The second-order valence-corrected chi connectivity index (χ2v) is 7.41. The standard InChI is InChI=1S/C18H16.C8H6O4/c1-3-7-15-13(5-1)9-11-18-16-8-4-2-6-14(16)10-12-17(15)18;9-7(10)5-3-1-2-4-6(5)8(11)12/h1-3,5-7,10,12H,4,8-9,11H2;1-4H,(H,9,10)(H,11,12). The summed E-state index contributed by atoms with van der Waals surface area (Å²) >= 11 is 0. The van der Waals surface area contributed by atoms with Gasteiger partial charge in [-0.3, -0.25) is 0 Å². The third-order valence-electron chi connectivity index (χ3n) is 5.67. The lowest BCUT2D eigenvalue weighted by Gasteiger charge is -2.25. The molecule has 2 aliphatic carbocycles. The molecule has 150 valence electrons. The molecule has 0 saturated heterocycles. The topological polar surface area (TPSA) is 74.6 Å². The number of hydrogen-bond donors (Lipinski definition) is 2.